The predicted molar refractivity (Wildman–Crippen MR) is 126 cm³/mol. The van der Waals surface area contributed by atoms with E-state index in [2.05, 4.69) is 99.0 Å². The first kappa shape index (κ1) is 20.3. The topological polar surface area (TPSA) is 6.48 Å². The molecule has 3 atom stereocenters. The number of hydrogen-bond donors (Lipinski definition) is 0. The van der Waals surface area contributed by atoms with Crippen LogP contribution in [-0.4, -0.2) is 18.2 Å². The second kappa shape index (κ2) is 8.05. The van der Waals surface area contributed by atoms with E-state index in [1.807, 2.05) is 0 Å². The molecule has 2 heteroatoms. The number of rotatable bonds is 3. The average Bonchev–Trinajstić information content (AvgIpc) is 3.03. The van der Waals surface area contributed by atoms with Crippen LogP contribution in [0.25, 0.3) is 0 Å². The van der Waals surface area contributed by atoms with Gasteiger partial charge in [-0.25, -0.2) is 0 Å². The second-order valence-electron chi connectivity index (χ2n) is 10.3. The molecule has 0 bridgehead atoms. The Balaban J connectivity index is 1.86. The van der Waals surface area contributed by atoms with E-state index >= 15 is 0 Å². The Hall–Kier alpha value is -1.96. The minimum Gasteiger partial charge on any atom is -0.346 e. The van der Waals surface area contributed by atoms with Crippen molar-refractivity contribution in [2.75, 3.05) is 9.80 Å². The molecule has 2 nitrogen and oxygen atoms in total. The van der Waals surface area contributed by atoms with Crippen molar-refractivity contribution in [2.45, 2.75) is 85.0 Å². The maximum Gasteiger partial charge on any atom is 0.107 e. The highest BCUT2D eigenvalue weighted by Gasteiger charge is 2.52. The summed E-state index contributed by atoms with van der Waals surface area (Å²) in [7, 11) is 0. The Morgan fingerprint density at radius 1 is 0.793 bits per heavy atom. The van der Waals surface area contributed by atoms with E-state index in [1.54, 1.807) is 0 Å². The molecule has 156 valence electrons. The SMILES string of the molecule is Cc1ccccc1N1C(C(C)(C)C)N(c2ccccc2)C(C2CCCCC2)[C@@H]1C. The molecule has 2 fully saturated rings. The Morgan fingerprint density at radius 3 is 2.03 bits per heavy atom. The van der Waals surface area contributed by atoms with E-state index < -0.39 is 0 Å². The highest BCUT2D eigenvalue weighted by molar-refractivity contribution is 5.63. The third-order valence-electron chi connectivity index (χ3n) is 7.14. The lowest BCUT2D eigenvalue weighted by atomic mass is 9.80. The van der Waals surface area contributed by atoms with Gasteiger partial charge in [-0.05, 0) is 56.4 Å². The van der Waals surface area contributed by atoms with Gasteiger partial charge in [0.25, 0.3) is 0 Å². The minimum atomic E-state index is 0.135. The smallest absolute Gasteiger partial charge is 0.107 e. The molecule has 0 N–H and O–H groups in total. The highest BCUT2D eigenvalue weighted by Crippen LogP contribution is 2.47. The summed E-state index contributed by atoms with van der Waals surface area (Å²) in [6, 6.07) is 21.2. The van der Waals surface area contributed by atoms with Crippen LogP contribution in [0.1, 0.15) is 65.4 Å². The first-order valence-corrected chi connectivity index (χ1v) is 11.6. The fourth-order valence-corrected chi connectivity index (χ4v) is 5.97. The third-order valence-corrected chi connectivity index (χ3v) is 7.14. The molecule has 2 aromatic carbocycles. The van der Waals surface area contributed by atoms with Crippen molar-refractivity contribution in [3.05, 3.63) is 60.2 Å². The largest absolute Gasteiger partial charge is 0.346 e. The summed E-state index contributed by atoms with van der Waals surface area (Å²) >= 11 is 0. The zero-order valence-corrected chi connectivity index (χ0v) is 18.9. The van der Waals surface area contributed by atoms with Gasteiger partial charge < -0.3 is 9.80 Å². The van der Waals surface area contributed by atoms with E-state index in [0.717, 1.165) is 5.92 Å². The van der Waals surface area contributed by atoms with Crippen LogP contribution >= 0.6 is 0 Å². The van der Waals surface area contributed by atoms with Gasteiger partial charge in [0.2, 0.25) is 0 Å². The zero-order chi connectivity index (χ0) is 20.6. The predicted octanol–water partition coefficient (Wildman–Crippen LogP) is 7.03. The van der Waals surface area contributed by atoms with Crippen LogP contribution in [0.3, 0.4) is 0 Å². The molecule has 0 radical (unpaired) electrons. The minimum absolute atomic E-state index is 0.135. The molecular formula is C27H38N2. The van der Waals surface area contributed by atoms with Gasteiger partial charge in [-0.2, -0.15) is 0 Å². The van der Waals surface area contributed by atoms with Gasteiger partial charge in [-0.3, -0.25) is 0 Å². The maximum atomic E-state index is 2.80. The van der Waals surface area contributed by atoms with Gasteiger partial charge in [0.05, 0.1) is 6.04 Å². The van der Waals surface area contributed by atoms with Gasteiger partial charge in [0.1, 0.15) is 6.17 Å². The summed E-state index contributed by atoms with van der Waals surface area (Å²) in [5.74, 6) is 0.776. The lowest BCUT2D eigenvalue weighted by Crippen LogP contribution is -2.51. The number of nitrogens with zero attached hydrogens (tertiary/aromatic N) is 2. The average molecular weight is 391 g/mol. The molecule has 29 heavy (non-hydrogen) atoms. The van der Waals surface area contributed by atoms with Crippen molar-refractivity contribution >= 4 is 11.4 Å². The van der Waals surface area contributed by atoms with Crippen molar-refractivity contribution in [1.82, 2.24) is 0 Å². The van der Waals surface area contributed by atoms with Gasteiger partial charge >= 0.3 is 0 Å². The van der Waals surface area contributed by atoms with Crippen LogP contribution in [0.15, 0.2) is 54.6 Å². The number of para-hydroxylation sites is 2. The summed E-state index contributed by atoms with van der Waals surface area (Å²) in [4.78, 5) is 5.55. The van der Waals surface area contributed by atoms with E-state index in [0.29, 0.717) is 18.2 Å². The number of hydrogen-bond acceptors (Lipinski definition) is 2. The number of aryl methyl sites for hydroxylation is 1. The van der Waals surface area contributed by atoms with Crippen LogP contribution in [0.4, 0.5) is 11.4 Å². The maximum absolute atomic E-state index is 2.80. The molecule has 2 aliphatic rings. The van der Waals surface area contributed by atoms with Crippen LogP contribution in [0, 0.1) is 18.3 Å². The van der Waals surface area contributed by atoms with E-state index in [-0.39, 0.29) is 5.41 Å². The Labute approximate surface area is 177 Å². The fourth-order valence-electron chi connectivity index (χ4n) is 5.97. The summed E-state index contributed by atoms with van der Waals surface area (Å²) in [6.45, 7) is 12.0. The van der Waals surface area contributed by atoms with Crippen LogP contribution < -0.4 is 9.80 Å². The van der Waals surface area contributed by atoms with Gasteiger partial charge in [-0.1, -0.05) is 76.4 Å². The monoisotopic (exact) mass is 390 g/mol. The Morgan fingerprint density at radius 2 is 1.41 bits per heavy atom. The molecular weight excluding hydrogens is 352 g/mol. The molecule has 2 aromatic rings. The number of benzene rings is 2. The molecule has 0 aromatic heterocycles. The third kappa shape index (κ3) is 3.79. The molecule has 1 heterocycles. The summed E-state index contributed by atoms with van der Waals surface area (Å²) in [5, 5.41) is 0. The van der Waals surface area contributed by atoms with Gasteiger partial charge in [0.15, 0.2) is 0 Å². The first-order chi connectivity index (χ1) is 13.9. The standard InChI is InChI=1S/C27H38N2/c1-20-14-12-13-19-24(20)28-21(2)25(22-15-8-6-9-16-22)29(26(28)27(3,4)5)23-17-10-7-11-18-23/h7,10-14,17-19,21-22,25-26H,6,8-9,15-16H2,1-5H3/t21-,25?,26?/m0/s1. The van der Waals surface area contributed by atoms with Gasteiger partial charge in [-0.15, -0.1) is 0 Å². The van der Waals surface area contributed by atoms with Crippen molar-refractivity contribution < 1.29 is 0 Å². The molecule has 2 unspecified atom stereocenters. The van der Waals surface area contributed by atoms with Crippen LogP contribution in [0.5, 0.6) is 0 Å². The molecule has 1 saturated carbocycles. The molecule has 0 amide bonds. The second-order valence-corrected chi connectivity index (χ2v) is 10.3. The summed E-state index contributed by atoms with van der Waals surface area (Å²) < 4.78 is 0. The van der Waals surface area contributed by atoms with Crippen molar-refractivity contribution in [3.63, 3.8) is 0 Å². The molecule has 4 rings (SSSR count). The van der Waals surface area contributed by atoms with Crippen molar-refractivity contribution in [1.29, 1.82) is 0 Å². The van der Waals surface area contributed by atoms with E-state index in [4.69, 9.17) is 0 Å². The van der Waals surface area contributed by atoms with Crippen molar-refractivity contribution in [2.24, 2.45) is 11.3 Å². The van der Waals surface area contributed by atoms with Crippen LogP contribution in [0.2, 0.25) is 0 Å². The van der Waals surface area contributed by atoms with Crippen LogP contribution in [-0.2, 0) is 0 Å². The fraction of sp³-hybridized carbons (Fsp3) is 0.556. The zero-order valence-electron chi connectivity index (χ0n) is 18.9. The van der Waals surface area contributed by atoms with Crippen molar-refractivity contribution in [3.8, 4) is 0 Å². The highest BCUT2D eigenvalue weighted by atomic mass is 15.5. The lowest BCUT2D eigenvalue weighted by molar-refractivity contribution is 0.276. The summed E-state index contributed by atoms with van der Waals surface area (Å²) in [6.07, 6.45) is 7.27. The first-order valence-electron chi connectivity index (χ1n) is 11.6. The normalized spacial score (nSPS) is 26.2. The van der Waals surface area contributed by atoms with Gasteiger partial charge in [0, 0.05) is 22.8 Å². The molecule has 0 spiro atoms. The summed E-state index contributed by atoms with van der Waals surface area (Å²) in [5.41, 5.74) is 4.30. The Kier molecular flexibility index (Phi) is 5.64. The Bertz CT molecular complexity index is 801. The lowest BCUT2D eigenvalue weighted by Gasteiger charge is -2.44. The van der Waals surface area contributed by atoms with E-state index in [9.17, 15) is 0 Å². The molecule has 1 saturated heterocycles. The number of anilines is 2. The quantitative estimate of drug-likeness (QED) is 0.555. The van der Waals surface area contributed by atoms with E-state index in [1.165, 1.54) is 49.0 Å². The molecule has 1 aliphatic heterocycles. The molecule has 1 aliphatic carbocycles.